The molecule has 1 rings (SSSR count). The number of hydrogen-bond acceptors (Lipinski definition) is 2. The summed E-state index contributed by atoms with van der Waals surface area (Å²) in [4.78, 5) is 1.91. The van der Waals surface area contributed by atoms with Gasteiger partial charge < -0.3 is 10.6 Å². The maximum Gasteiger partial charge on any atom is 0.146 e. The average Bonchev–Trinajstić information content (AvgIpc) is 2.17. The minimum atomic E-state index is -0.191. The predicted molar refractivity (Wildman–Crippen MR) is 57.9 cm³/mol. The number of rotatable bonds is 4. The normalized spacial score (nSPS) is 10.3. The topological polar surface area (TPSA) is 29.3 Å². The van der Waals surface area contributed by atoms with E-state index < -0.39 is 0 Å². The van der Waals surface area contributed by atoms with Crippen LogP contribution in [-0.2, 0) is 6.54 Å². The number of hydrogen-bond donors (Lipinski definition) is 1. The van der Waals surface area contributed by atoms with Gasteiger partial charge in [-0.25, -0.2) is 4.39 Å². The van der Waals surface area contributed by atoms with Gasteiger partial charge in [-0.1, -0.05) is 13.0 Å². The van der Waals surface area contributed by atoms with Gasteiger partial charge in [-0.2, -0.15) is 0 Å². The zero-order valence-corrected chi connectivity index (χ0v) is 8.76. The predicted octanol–water partition coefficient (Wildman–Crippen LogP) is 2.13. The summed E-state index contributed by atoms with van der Waals surface area (Å²) in [6.07, 6.45) is 1.01. The van der Waals surface area contributed by atoms with Crippen LogP contribution >= 0.6 is 0 Å². The van der Waals surface area contributed by atoms with Crippen molar-refractivity contribution in [3.8, 4) is 0 Å². The Morgan fingerprint density at radius 3 is 2.64 bits per heavy atom. The van der Waals surface area contributed by atoms with E-state index in [-0.39, 0.29) is 5.82 Å². The first-order valence-corrected chi connectivity index (χ1v) is 4.88. The summed E-state index contributed by atoms with van der Waals surface area (Å²) in [6.45, 7) is 3.32. The van der Waals surface area contributed by atoms with Crippen LogP contribution in [0.3, 0.4) is 0 Å². The highest BCUT2D eigenvalue weighted by molar-refractivity contribution is 5.48. The summed E-state index contributed by atoms with van der Waals surface area (Å²) >= 11 is 0. The second-order valence-corrected chi connectivity index (χ2v) is 3.41. The van der Waals surface area contributed by atoms with E-state index in [1.54, 1.807) is 6.07 Å². The fourth-order valence-electron chi connectivity index (χ4n) is 1.44. The van der Waals surface area contributed by atoms with Crippen molar-refractivity contribution in [2.24, 2.45) is 5.73 Å². The van der Waals surface area contributed by atoms with Crippen molar-refractivity contribution in [2.45, 2.75) is 19.9 Å². The quantitative estimate of drug-likeness (QED) is 0.799. The van der Waals surface area contributed by atoms with Crippen LogP contribution in [-0.4, -0.2) is 13.6 Å². The van der Waals surface area contributed by atoms with Gasteiger partial charge in [-0.05, 0) is 24.1 Å². The van der Waals surface area contributed by atoms with Crippen molar-refractivity contribution in [1.29, 1.82) is 0 Å². The molecule has 0 aliphatic rings. The minimum absolute atomic E-state index is 0.191. The van der Waals surface area contributed by atoms with Gasteiger partial charge in [0, 0.05) is 20.1 Å². The molecule has 78 valence electrons. The van der Waals surface area contributed by atoms with Crippen LogP contribution in [0.2, 0.25) is 0 Å². The van der Waals surface area contributed by atoms with Crippen LogP contribution in [0.15, 0.2) is 18.2 Å². The highest BCUT2D eigenvalue weighted by atomic mass is 19.1. The Kier molecular flexibility index (Phi) is 3.89. The van der Waals surface area contributed by atoms with E-state index in [0.29, 0.717) is 12.2 Å². The first kappa shape index (κ1) is 11.0. The first-order valence-electron chi connectivity index (χ1n) is 4.88. The van der Waals surface area contributed by atoms with Crippen LogP contribution in [0, 0.1) is 5.82 Å². The Balaban J connectivity index is 2.88. The number of benzene rings is 1. The molecule has 0 unspecified atom stereocenters. The molecule has 0 atom stereocenters. The summed E-state index contributed by atoms with van der Waals surface area (Å²) < 4.78 is 13.5. The Morgan fingerprint density at radius 1 is 1.43 bits per heavy atom. The molecule has 1 aromatic carbocycles. The van der Waals surface area contributed by atoms with Gasteiger partial charge in [0.05, 0.1) is 5.69 Å². The third-order valence-corrected chi connectivity index (χ3v) is 2.22. The lowest BCUT2D eigenvalue weighted by molar-refractivity contribution is 0.619. The second-order valence-electron chi connectivity index (χ2n) is 3.41. The molecular formula is C11H17FN2. The van der Waals surface area contributed by atoms with E-state index >= 15 is 0 Å². The van der Waals surface area contributed by atoms with Crippen molar-refractivity contribution in [3.05, 3.63) is 29.6 Å². The lowest BCUT2D eigenvalue weighted by atomic mass is 10.2. The van der Waals surface area contributed by atoms with Gasteiger partial charge in [0.25, 0.3) is 0 Å². The molecule has 14 heavy (non-hydrogen) atoms. The van der Waals surface area contributed by atoms with Gasteiger partial charge in [0.2, 0.25) is 0 Å². The van der Waals surface area contributed by atoms with Crippen molar-refractivity contribution in [2.75, 3.05) is 18.5 Å². The Hall–Kier alpha value is -1.09. The summed E-state index contributed by atoms with van der Waals surface area (Å²) in [5.41, 5.74) is 6.90. The number of halogens is 1. The molecule has 0 heterocycles. The zero-order chi connectivity index (χ0) is 10.6. The average molecular weight is 196 g/mol. The maximum absolute atomic E-state index is 13.5. The molecule has 0 aliphatic carbocycles. The Bertz CT molecular complexity index is 299. The summed E-state index contributed by atoms with van der Waals surface area (Å²) in [7, 11) is 1.89. The SMILES string of the molecule is CCCN(C)c1ccc(CN)cc1F. The second kappa shape index (κ2) is 4.96. The Morgan fingerprint density at radius 2 is 2.14 bits per heavy atom. The molecule has 0 spiro atoms. The van der Waals surface area contributed by atoms with Gasteiger partial charge in [-0.3, -0.25) is 0 Å². The van der Waals surface area contributed by atoms with Gasteiger partial charge in [0.1, 0.15) is 5.82 Å². The fourth-order valence-corrected chi connectivity index (χ4v) is 1.44. The highest BCUT2D eigenvalue weighted by Gasteiger charge is 2.06. The largest absolute Gasteiger partial charge is 0.372 e. The van der Waals surface area contributed by atoms with Crippen LogP contribution in [0.1, 0.15) is 18.9 Å². The van der Waals surface area contributed by atoms with Crippen molar-refractivity contribution in [3.63, 3.8) is 0 Å². The van der Waals surface area contributed by atoms with Gasteiger partial charge in [-0.15, -0.1) is 0 Å². The molecule has 0 fully saturated rings. The van der Waals surface area contributed by atoms with Gasteiger partial charge in [0.15, 0.2) is 0 Å². The third-order valence-electron chi connectivity index (χ3n) is 2.22. The van der Waals surface area contributed by atoms with E-state index in [1.165, 1.54) is 6.07 Å². The minimum Gasteiger partial charge on any atom is -0.372 e. The van der Waals surface area contributed by atoms with Crippen molar-refractivity contribution >= 4 is 5.69 Å². The number of nitrogens with two attached hydrogens (primary N) is 1. The molecule has 0 amide bonds. The summed E-state index contributed by atoms with van der Waals surface area (Å²) in [5, 5.41) is 0. The molecule has 0 aromatic heterocycles. The molecule has 2 nitrogen and oxygen atoms in total. The molecule has 0 saturated carbocycles. The van der Waals surface area contributed by atoms with E-state index in [9.17, 15) is 4.39 Å². The van der Waals surface area contributed by atoms with Crippen LogP contribution in [0.4, 0.5) is 10.1 Å². The fraction of sp³-hybridized carbons (Fsp3) is 0.455. The summed E-state index contributed by atoms with van der Waals surface area (Å²) in [6, 6.07) is 5.15. The monoisotopic (exact) mass is 196 g/mol. The van der Waals surface area contributed by atoms with Gasteiger partial charge >= 0.3 is 0 Å². The van der Waals surface area contributed by atoms with Crippen LogP contribution < -0.4 is 10.6 Å². The smallest absolute Gasteiger partial charge is 0.146 e. The molecule has 0 bridgehead atoms. The van der Waals surface area contributed by atoms with Crippen molar-refractivity contribution < 1.29 is 4.39 Å². The molecule has 2 N–H and O–H groups in total. The summed E-state index contributed by atoms with van der Waals surface area (Å²) in [5.74, 6) is -0.191. The van der Waals surface area contributed by atoms with Crippen molar-refractivity contribution in [1.82, 2.24) is 0 Å². The third kappa shape index (κ3) is 2.45. The molecule has 3 heteroatoms. The highest BCUT2D eigenvalue weighted by Crippen LogP contribution is 2.19. The van der Waals surface area contributed by atoms with Crippen LogP contribution in [0.5, 0.6) is 0 Å². The number of nitrogens with zero attached hydrogens (tertiary/aromatic N) is 1. The Labute approximate surface area is 84.5 Å². The van der Waals surface area contributed by atoms with E-state index in [4.69, 9.17) is 5.73 Å². The molecular weight excluding hydrogens is 179 g/mol. The maximum atomic E-state index is 13.5. The number of anilines is 1. The lowest BCUT2D eigenvalue weighted by Gasteiger charge is -2.19. The van der Waals surface area contributed by atoms with Crippen LogP contribution in [0.25, 0.3) is 0 Å². The first-order chi connectivity index (χ1) is 6.69. The molecule has 0 radical (unpaired) electrons. The van der Waals surface area contributed by atoms with E-state index in [0.717, 1.165) is 18.5 Å². The standard InChI is InChI=1S/C11H17FN2/c1-3-6-14(2)11-5-4-9(8-13)7-10(11)12/h4-5,7H,3,6,8,13H2,1-2H3. The zero-order valence-electron chi connectivity index (χ0n) is 8.76. The lowest BCUT2D eigenvalue weighted by Crippen LogP contribution is -2.19. The molecule has 1 aromatic rings. The van der Waals surface area contributed by atoms with E-state index in [1.807, 2.05) is 18.0 Å². The molecule has 0 saturated heterocycles. The molecule has 0 aliphatic heterocycles. The van der Waals surface area contributed by atoms with E-state index in [2.05, 4.69) is 6.92 Å².